The van der Waals surface area contributed by atoms with E-state index in [-0.39, 0.29) is 17.4 Å². The van der Waals surface area contributed by atoms with E-state index >= 15 is 0 Å². The Hall–Kier alpha value is -2.60. The van der Waals surface area contributed by atoms with Gasteiger partial charge in [0.05, 0.1) is 17.7 Å². The van der Waals surface area contributed by atoms with Crippen LogP contribution < -0.4 is 4.74 Å². The topological polar surface area (TPSA) is 66.8 Å². The number of aliphatic hydroxyl groups excluding tert-OH is 1. The molecule has 5 nitrogen and oxygen atoms in total. The first kappa shape index (κ1) is 22.1. The van der Waals surface area contributed by atoms with Crippen molar-refractivity contribution in [3.63, 3.8) is 0 Å². The van der Waals surface area contributed by atoms with E-state index in [4.69, 9.17) is 4.74 Å². The Morgan fingerprint density at radius 2 is 1.80 bits per heavy atom. The number of nitrogens with zero attached hydrogens (tertiary/aromatic N) is 1. The zero-order valence-corrected chi connectivity index (χ0v) is 19.0. The van der Waals surface area contributed by atoms with Gasteiger partial charge >= 0.3 is 0 Å². The molecule has 0 saturated carbocycles. The van der Waals surface area contributed by atoms with Crippen molar-refractivity contribution in [1.29, 1.82) is 0 Å². The molecule has 158 valence electrons. The van der Waals surface area contributed by atoms with Crippen LogP contribution in [-0.4, -0.2) is 34.3 Å². The molecule has 1 atom stereocenters. The van der Waals surface area contributed by atoms with Crippen molar-refractivity contribution in [2.75, 3.05) is 6.54 Å². The van der Waals surface area contributed by atoms with Gasteiger partial charge in [-0.3, -0.25) is 9.59 Å². The smallest absolute Gasteiger partial charge is 0.295 e. The van der Waals surface area contributed by atoms with Crippen molar-refractivity contribution in [2.45, 2.75) is 45.8 Å². The average Bonchev–Trinajstić information content (AvgIpc) is 2.97. The number of hydrogen-bond acceptors (Lipinski definition) is 4. The molecule has 1 saturated heterocycles. The fourth-order valence-corrected chi connectivity index (χ4v) is 3.86. The number of carbonyl (C=O) groups is 2. The van der Waals surface area contributed by atoms with Gasteiger partial charge in [-0.05, 0) is 38.5 Å². The summed E-state index contributed by atoms with van der Waals surface area (Å²) in [7, 11) is 0. The van der Waals surface area contributed by atoms with Crippen LogP contribution in [0.3, 0.4) is 0 Å². The van der Waals surface area contributed by atoms with Crippen LogP contribution in [-0.2, 0) is 9.59 Å². The third-order valence-corrected chi connectivity index (χ3v) is 5.52. The van der Waals surface area contributed by atoms with Crippen molar-refractivity contribution in [2.24, 2.45) is 0 Å². The molecule has 2 aromatic rings. The van der Waals surface area contributed by atoms with Gasteiger partial charge in [-0.1, -0.05) is 59.6 Å². The number of Topliss-reactive ketones (excluding diaryl/α,β-unsaturated/α-hetero) is 1. The fourth-order valence-electron chi connectivity index (χ4n) is 3.59. The zero-order valence-electron chi connectivity index (χ0n) is 17.4. The molecule has 0 aromatic heterocycles. The van der Waals surface area contributed by atoms with E-state index in [1.165, 1.54) is 0 Å². The fraction of sp³-hybridized carbons (Fsp3) is 0.333. The van der Waals surface area contributed by atoms with Crippen LogP contribution in [0, 0.1) is 0 Å². The Morgan fingerprint density at radius 3 is 2.43 bits per heavy atom. The van der Waals surface area contributed by atoms with Gasteiger partial charge in [-0.15, -0.1) is 0 Å². The molecule has 1 N–H and O–H groups in total. The maximum absolute atomic E-state index is 13.0. The van der Waals surface area contributed by atoms with Crippen molar-refractivity contribution in [3.05, 3.63) is 69.7 Å². The van der Waals surface area contributed by atoms with Crippen molar-refractivity contribution < 1.29 is 19.4 Å². The van der Waals surface area contributed by atoms with E-state index in [1.54, 1.807) is 29.2 Å². The second-order valence-electron chi connectivity index (χ2n) is 7.56. The van der Waals surface area contributed by atoms with E-state index in [9.17, 15) is 14.7 Å². The number of carbonyl (C=O) groups excluding carboxylic acids is 2. The highest BCUT2D eigenvalue weighted by Crippen LogP contribution is 2.43. The second kappa shape index (κ2) is 9.47. The van der Waals surface area contributed by atoms with E-state index < -0.39 is 17.7 Å². The molecule has 0 spiro atoms. The summed E-state index contributed by atoms with van der Waals surface area (Å²) in [5, 5.41) is 11.1. The van der Waals surface area contributed by atoms with Crippen LogP contribution in [0.2, 0.25) is 0 Å². The standard InChI is InChI=1S/C24H26BrNO4/c1-4-5-14-26-21(18-8-6-7-9-19(18)30-15(2)3)20(23(28)24(26)29)22(27)16-10-12-17(25)13-11-16/h6-13,15,21,27H,4-5,14H2,1-3H3/b22-20-. The number of hydrogen-bond donors (Lipinski definition) is 1. The molecular weight excluding hydrogens is 446 g/mol. The van der Waals surface area contributed by atoms with Crippen LogP contribution in [0.15, 0.2) is 58.6 Å². The third-order valence-electron chi connectivity index (χ3n) is 4.99. The predicted molar refractivity (Wildman–Crippen MR) is 120 cm³/mol. The molecule has 1 amide bonds. The molecule has 2 aromatic carbocycles. The Balaban J connectivity index is 2.19. The molecule has 3 rings (SSSR count). The summed E-state index contributed by atoms with van der Waals surface area (Å²) >= 11 is 3.37. The number of likely N-dealkylation sites (tertiary alicyclic amines) is 1. The predicted octanol–water partition coefficient (Wildman–Crippen LogP) is 5.46. The largest absolute Gasteiger partial charge is 0.507 e. The maximum Gasteiger partial charge on any atom is 0.295 e. The first-order valence-electron chi connectivity index (χ1n) is 10.1. The zero-order chi connectivity index (χ0) is 21.8. The first-order valence-corrected chi connectivity index (χ1v) is 10.9. The van der Waals surface area contributed by atoms with Crippen LogP contribution in [0.1, 0.15) is 50.8 Å². The molecule has 1 aliphatic heterocycles. The van der Waals surface area contributed by atoms with Gasteiger partial charge < -0.3 is 14.7 Å². The van der Waals surface area contributed by atoms with Gasteiger partial charge in [0.15, 0.2) is 0 Å². The van der Waals surface area contributed by atoms with E-state index in [2.05, 4.69) is 15.9 Å². The summed E-state index contributed by atoms with van der Waals surface area (Å²) in [6, 6.07) is 13.7. The maximum atomic E-state index is 13.0. The number of ketones is 1. The van der Waals surface area contributed by atoms with E-state index in [0.717, 1.165) is 17.3 Å². The minimum absolute atomic E-state index is 0.0736. The highest BCUT2D eigenvalue weighted by atomic mass is 79.9. The number of ether oxygens (including phenoxy) is 1. The minimum Gasteiger partial charge on any atom is -0.507 e. The highest BCUT2D eigenvalue weighted by Gasteiger charge is 2.46. The van der Waals surface area contributed by atoms with Gasteiger partial charge in [0.1, 0.15) is 11.5 Å². The monoisotopic (exact) mass is 471 g/mol. The van der Waals surface area contributed by atoms with Gasteiger partial charge in [0.25, 0.3) is 11.7 Å². The lowest BCUT2D eigenvalue weighted by Gasteiger charge is -2.27. The van der Waals surface area contributed by atoms with Gasteiger partial charge in [-0.25, -0.2) is 0 Å². The Bertz CT molecular complexity index is 965. The number of aliphatic hydroxyl groups is 1. The van der Waals surface area contributed by atoms with Crippen LogP contribution >= 0.6 is 15.9 Å². The van der Waals surface area contributed by atoms with Crippen molar-refractivity contribution >= 4 is 33.4 Å². The number of amides is 1. The number of unbranched alkanes of at least 4 members (excludes halogenated alkanes) is 1. The number of rotatable bonds is 7. The molecule has 0 aliphatic carbocycles. The minimum atomic E-state index is -0.699. The molecule has 1 unspecified atom stereocenters. The lowest BCUT2D eigenvalue weighted by molar-refractivity contribution is -0.139. The molecule has 30 heavy (non-hydrogen) atoms. The average molecular weight is 472 g/mol. The summed E-state index contributed by atoms with van der Waals surface area (Å²) in [6.45, 7) is 6.31. The highest BCUT2D eigenvalue weighted by molar-refractivity contribution is 9.10. The Kier molecular flexibility index (Phi) is 6.98. The normalized spacial score (nSPS) is 18.3. The van der Waals surface area contributed by atoms with Gasteiger partial charge in [0, 0.05) is 22.1 Å². The summed E-state index contributed by atoms with van der Waals surface area (Å²) < 4.78 is 6.83. The molecule has 1 heterocycles. The van der Waals surface area contributed by atoms with Gasteiger partial charge in [0.2, 0.25) is 0 Å². The summed E-state index contributed by atoms with van der Waals surface area (Å²) in [6.07, 6.45) is 1.57. The SMILES string of the molecule is CCCCN1C(=O)C(=O)/C(=C(\O)c2ccc(Br)cc2)C1c1ccccc1OC(C)C. The number of benzene rings is 2. The molecule has 0 radical (unpaired) electrons. The lowest BCUT2D eigenvalue weighted by atomic mass is 9.94. The number of halogens is 1. The van der Waals surface area contributed by atoms with E-state index in [1.807, 2.05) is 45.0 Å². The molecular formula is C24H26BrNO4. The summed E-state index contributed by atoms with van der Waals surface area (Å²) in [5.74, 6) is -0.839. The molecule has 1 aliphatic rings. The van der Waals surface area contributed by atoms with Gasteiger partial charge in [-0.2, -0.15) is 0 Å². The molecule has 6 heteroatoms. The summed E-state index contributed by atoms with van der Waals surface area (Å²) in [5.41, 5.74) is 1.28. The quantitative estimate of drug-likeness (QED) is 0.330. The first-order chi connectivity index (χ1) is 14.3. The van der Waals surface area contributed by atoms with E-state index in [0.29, 0.717) is 23.4 Å². The van der Waals surface area contributed by atoms with Crippen LogP contribution in [0.5, 0.6) is 5.75 Å². The Morgan fingerprint density at radius 1 is 1.13 bits per heavy atom. The summed E-state index contributed by atoms with van der Waals surface area (Å²) in [4.78, 5) is 27.5. The van der Waals surface area contributed by atoms with Crippen LogP contribution in [0.25, 0.3) is 5.76 Å². The Labute approximate surface area is 185 Å². The lowest BCUT2D eigenvalue weighted by Crippen LogP contribution is -2.31. The molecule has 1 fully saturated rings. The van der Waals surface area contributed by atoms with Crippen molar-refractivity contribution in [3.8, 4) is 5.75 Å². The molecule has 0 bridgehead atoms. The third kappa shape index (κ3) is 4.43. The van der Waals surface area contributed by atoms with Crippen molar-refractivity contribution in [1.82, 2.24) is 4.90 Å². The second-order valence-corrected chi connectivity index (χ2v) is 8.47. The van der Waals surface area contributed by atoms with Crippen LogP contribution in [0.4, 0.5) is 0 Å². The number of para-hydroxylation sites is 1.